The molecule has 124 valence electrons. The van der Waals surface area contributed by atoms with Crippen molar-refractivity contribution in [2.75, 3.05) is 7.11 Å². The van der Waals surface area contributed by atoms with Gasteiger partial charge < -0.3 is 15.2 Å². The second kappa shape index (κ2) is 7.78. The number of rotatable bonds is 7. The summed E-state index contributed by atoms with van der Waals surface area (Å²) in [5.74, 6) is 0.418. The number of benzene rings is 1. The van der Waals surface area contributed by atoms with E-state index in [0.29, 0.717) is 11.3 Å². The van der Waals surface area contributed by atoms with Crippen LogP contribution in [-0.4, -0.2) is 34.4 Å². The molecule has 0 aliphatic heterocycles. The van der Waals surface area contributed by atoms with Crippen molar-refractivity contribution >= 4 is 5.91 Å². The van der Waals surface area contributed by atoms with Gasteiger partial charge in [-0.1, -0.05) is 25.5 Å². The number of carbonyl (C=O) groups is 1. The summed E-state index contributed by atoms with van der Waals surface area (Å²) in [5.41, 5.74) is 1.98. The number of carbonyl (C=O) groups excluding carboxylic acids is 1. The monoisotopic (exact) mass is 317 g/mol. The Kier molecular flexibility index (Phi) is 5.76. The third-order valence-corrected chi connectivity index (χ3v) is 3.67. The maximum absolute atomic E-state index is 12.2. The third kappa shape index (κ3) is 4.32. The van der Waals surface area contributed by atoms with Crippen molar-refractivity contribution in [1.82, 2.24) is 15.5 Å². The fourth-order valence-electron chi connectivity index (χ4n) is 2.32. The zero-order valence-corrected chi connectivity index (χ0v) is 13.7. The van der Waals surface area contributed by atoms with Gasteiger partial charge in [-0.15, -0.1) is 0 Å². The summed E-state index contributed by atoms with van der Waals surface area (Å²) in [5, 5.41) is 20.0. The van der Waals surface area contributed by atoms with Crippen LogP contribution in [0.1, 0.15) is 48.1 Å². The molecular weight excluding hydrogens is 294 g/mol. The first kappa shape index (κ1) is 17.0. The molecule has 0 radical (unpaired) electrons. The van der Waals surface area contributed by atoms with Gasteiger partial charge in [-0.25, -0.2) is 0 Å². The van der Waals surface area contributed by atoms with E-state index in [1.54, 1.807) is 44.4 Å². The molecule has 0 bridgehead atoms. The van der Waals surface area contributed by atoms with Crippen molar-refractivity contribution in [3.63, 3.8) is 0 Å². The highest BCUT2D eigenvalue weighted by Crippen LogP contribution is 2.20. The standard InChI is InChI=1S/C17H23N3O3/c1-4-5-13-10-15(20-19-13)17(22)18-11(2)16(21)12-6-8-14(23-3)9-7-12/h6-11,16,21H,4-5H2,1-3H3,(H,18,22)(H,19,20). The molecule has 6 heteroatoms. The van der Waals surface area contributed by atoms with E-state index in [9.17, 15) is 9.90 Å². The maximum atomic E-state index is 12.2. The minimum atomic E-state index is -0.807. The number of aromatic nitrogens is 2. The van der Waals surface area contributed by atoms with Gasteiger partial charge in [-0.3, -0.25) is 9.89 Å². The third-order valence-electron chi connectivity index (χ3n) is 3.67. The molecule has 1 amide bonds. The number of nitrogens with one attached hydrogen (secondary N) is 2. The van der Waals surface area contributed by atoms with Gasteiger partial charge in [0.25, 0.3) is 5.91 Å². The molecule has 0 saturated carbocycles. The summed E-state index contributed by atoms with van der Waals surface area (Å²) in [6.45, 7) is 3.82. The van der Waals surface area contributed by atoms with E-state index in [2.05, 4.69) is 22.4 Å². The molecule has 0 aliphatic carbocycles. The molecule has 0 aliphatic rings. The Morgan fingerprint density at radius 2 is 2.09 bits per heavy atom. The summed E-state index contributed by atoms with van der Waals surface area (Å²) in [6.07, 6.45) is 1.03. The number of amides is 1. The van der Waals surface area contributed by atoms with Crippen LogP contribution in [0.4, 0.5) is 0 Å². The molecule has 2 rings (SSSR count). The SMILES string of the molecule is CCCc1cc(C(=O)NC(C)C(O)c2ccc(OC)cc2)n[nH]1. The number of aliphatic hydroxyl groups is 1. The van der Waals surface area contributed by atoms with Gasteiger partial charge in [0.15, 0.2) is 0 Å². The Morgan fingerprint density at radius 1 is 1.39 bits per heavy atom. The van der Waals surface area contributed by atoms with Gasteiger partial charge in [0, 0.05) is 5.69 Å². The number of hydrogen-bond donors (Lipinski definition) is 3. The minimum absolute atomic E-state index is 0.302. The molecule has 23 heavy (non-hydrogen) atoms. The van der Waals surface area contributed by atoms with Crippen molar-refractivity contribution in [3.8, 4) is 5.75 Å². The van der Waals surface area contributed by atoms with Crippen LogP contribution in [-0.2, 0) is 6.42 Å². The second-order valence-electron chi connectivity index (χ2n) is 5.51. The average molecular weight is 317 g/mol. The molecule has 1 aromatic carbocycles. The molecule has 1 aromatic heterocycles. The van der Waals surface area contributed by atoms with Gasteiger partial charge >= 0.3 is 0 Å². The molecule has 1 heterocycles. The van der Waals surface area contributed by atoms with Crippen LogP contribution in [0.3, 0.4) is 0 Å². The number of nitrogens with zero attached hydrogens (tertiary/aromatic N) is 1. The Labute approximate surface area is 135 Å². The molecule has 2 atom stereocenters. The maximum Gasteiger partial charge on any atom is 0.272 e. The highest BCUT2D eigenvalue weighted by atomic mass is 16.5. The largest absolute Gasteiger partial charge is 0.497 e. The Balaban J connectivity index is 1.98. The summed E-state index contributed by atoms with van der Waals surface area (Å²) in [4.78, 5) is 12.2. The van der Waals surface area contributed by atoms with Crippen molar-refractivity contribution < 1.29 is 14.6 Å². The van der Waals surface area contributed by atoms with Crippen LogP contribution in [0, 0.1) is 0 Å². The fourth-order valence-corrected chi connectivity index (χ4v) is 2.32. The Hall–Kier alpha value is -2.34. The Morgan fingerprint density at radius 3 is 2.70 bits per heavy atom. The predicted octanol–water partition coefficient (Wildman–Crippen LogP) is 2.22. The number of H-pyrrole nitrogens is 1. The molecule has 0 spiro atoms. The lowest BCUT2D eigenvalue weighted by molar-refractivity contribution is 0.0847. The highest BCUT2D eigenvalue weighted by molar-refractivity contribution is 5.92. The second-order valence-corrected chi connectivity index (χ2v) is 5.51. The smallest absolute Gasteiger partial charge is 0.272 e. The first-order valence-corrected chi connectivity index (χ1v) is 7.72. The van der Waals surface area contributed by atoms with Gasteiger partial charge in [0.05, 0.1) is 19.3 Å². The van der Waals surface area contributed by atoms with E-state index in [-0.39, 0.29) is 5.91 Å². The summed E-state index contributed by atoms with van der Waals surface area (Å²) in [6, 6.07) is 8.41. The molecule has 6 nitrogen and oxygen atoms in total. The summed E-state index contributed by atoms with van der Waals surface area (Å²) < 4.78 is 5.09. The number of aryl methyl sites for hydroxylation is 1. The first-order valence-electron chi connectivity index (χ1n) is 7.72. The normalized spacial score (nSPS) is 13.4. The van der Waals surface area contributed by atoms with Crippen LogP contribution >= 0.6 is 0 Å². The number of ether oxygens (including phenoxy) is 1. The zero-order valence-electron chi connectivity index (χ0n) is 13.7. The lowest BCUT2D eigenvalue weighted by Crippen LogP contribution is -2.37. The molecule has 0 fully saturated rings. The highest BCUT2D eigenvalue weighted by Gasteiger charge is 2.20. The quantitative estimate of drug-likeness (QED) is 0.731. The van der Waals surface area contributed by atoms with Crippen LogP contribution in [0.2, 0.25) is 0 Å². The van der Waals surface area contributed by atoms with Gasteiger partial charge in [-0.05, 0) is 37.1 Å². The van der Waals surface area contributed by atoms with Crippen molar-refractivity contribution in [3.05, 3.63) is 47.3 Å². The van der Waals surface area contributed by atoms with Gasteiger partial charge in [-0.2, -0.15) is 5.10 Å². The van der Waals surface area contributed by atoms with E-state index in [4.69, 9.17) is 4.74 Å². The number of methoxy groups -OCH3 is 1. The van der Waals surface area contributed by atoms with Crippen LogP contribution in [0.25, 0.3) is 0 Å². The number of aliphatic hydroxyl groups excluding tert-OH is 1. The van der Waals surface area contributed by atoms with E-state index < -0.39 is 12.1 Å². The fraction of sp³-hybridized carbons (Fsp3) is 0.412. The predicted molar refractivity (Wildman–Crippen MR) is 87.5 cm³/mol. The number of aromatic amines is 1. The van der Waals surface area contributed by atoms with E-state index in [1.807, 2.05) is 0 Å². The topological polar surface area (TPSA) is 87.2 Å². The van der Waals surface area contributed by atoms with Crippen molar-refractivity contribution in [2.45, 2.75) is 38.8 Å². The first-order chi connectivity index (χ1) is 11.0. The summed E-state index contributed by atoms with van der Waals surface area (Å²) >= 11 is 0. The minimum Gasteiger partial charge on any atom is -0.497 e. The van der Waals surface area contributed by atoms with Crippen molar-refractivity contribution in [1.29, 1.82) is 0 Å². The van der Waals surface area contributed by atoms with E-state index in [0.717, 1.165) is 24.3 Å². The average Bonchev–Trinajstić information content (AvgIpc) is 3.03. The van der Waals surface area contributed by atoms with E-state index in [1.165, 1.54) is 0 Å². The lowest BCUT2D eigenvalue weighted by Gasteiger charge is -2.20. The van der Waals surface area contributed by atoms with Crippen LogP contribution in [0.15, 0.2) is 30.3 Å². The molecular formula is C17H23N3O3. The molecule has 0 saturated heterocycles. The van der Waals surface area contributed by atoms with Gasteiger partial charge in [0.1, 0.15) is 11.4 Å². The molecule has 2 unspecified atom stereocenters. The zero-order chi connectivity index (χ0) is 16.8. The lowest BCUT2D eigenvalue weighted by atomic mass is 10.0. The van der Waals surface area contributed by atoms with Gasteiger partial charge in [0.2, 0.25) is 0 Å². The van der Waals surface area contributed by atoms with E-state index >= 15 is 0 Å². The molecule has 3 N–H and O–H groups in total. The summed E-state index contributed by atoms with van der Waals surface area (Å²) in [7, 11) is 1.59. The van der Waals surface area contributed by atoms with Crippen LogP contribution in [0.5, 0.6) is 5.75 Å². The molecule has 2 aromatic rings. The Bertz CT molecular complexity index is 637. The van der Waals surface area contributed by atoms with Crippen molar-refractivity contribution in [2.24, 2.45) is 0 Å². The van der Waals surface area contributed by atoms with Crippen LogP contribution < -0.4 is 10.1 Å². The number of hydrogen-bond acceptors (Lipinski definition) is 4.